The maximum absolute atomic E-state index is 3.41. The van der Waals surface area contributed by atoms with Gasteiger partial charge < -0.3 is 10.6 Å². The number of hydrogen-bond acceptors (Lipinski definition) is 2. The summed E-state index contributed by atoms with van der Waals surface area (Å²) in [5.41, 5.74) is 4.89. The third-order valence-corrected chi connectivity index (χ3v) is 3.21. The average molecular weight is 254 g/mol. The molecular weight excluding hydrogens is 232 g/mol. The smallest absolute Gasteiger partial charge is 0.0385 e. The van der Waals surface area contributed by atoms with Crippen LogP contribution in [0.4, 0.5) is 17.1 Å². The van der Waals surface area contributed by atoms with Crippen LogP contribution in [0, 0.1) is 0 Å². The van der Waals surface area contributed by atoms with E-state index in [1.165, 1.54) is 5.56 Å². The molecule has 0 heterocycles. The highest BCUT2D eigenvalue weighted by atomic mass is 14.9. The Morgan fingerprint density at radius 2 is 1.11 bits per heavy atom. The van der Waals surface area contributed by atoms with E-state index in [4.69, 9.17) is 0 Å². The van der Waals surface area contributed by atoms with Crippen molar-refractivity contribution in [3.8, 4) is 0 Å². The second-order valence-corrected chi connectivity index (χ2v) is 5.78. The van der Waals surface area contributed by atoms with Gasteiger partial charge in [-0.15, -0.1) is 0 Å². The van der Waals surface area contributed by atoms with E-state index in [0.29, 0.717) is 0 Å². The number of nitrogens with one attached hydrogen (secondary N) is 2. The van der Waals surface area contributed by atoms with Gasteiger partial charge in [0.1, 0.15) is 0 Å². The minimum atomic E-state index is 0.201. The second kappa shape index (κ2) is 5.35. The van der Waals surface area contributed by atoms with Crippen LogP contribution < -0.4 is 10.6 Å². The van der Waals surface area contributed by atoms with E-state index in [1.807, 2.05) is 7.05 Å². The molecule has 19 heavy (non-hydrogen) atoms. The summed E-state index contributed by atoms with van der Waals surface area (Å²) in [7, 11) is 1.92. The lowest BCUT2D eigenvalue weighted by atomic mass is 9.87. The van der Waals surface area contributed by atoms with Gasteiger partial charge in [-0.2, -0.15) is 0 Å². The first-order valence-corrected chi connectivity index (χ1v) is 6.64. The van der Waals surface area contributed by atoms with Crippen LogP contribution in [0.2, 0.25) is 0 Å². The zero-order valence-corrected chi connectivity index (χ0v) is 12.1. The second-order valence-electron chi connectivity index (χ2n) is 5.78. The molecule has 0 amide bonds. The van der Waals surface area contributed by atoms with Gasteiger partial charge in [-0.05, 0) is 47.4 Å². The zero-order chi connectivity index (χ0) is 13.9. The standard InChI is InChI=1S/C17H22N2/c1-17(2,3)13-5-7-15(8-6-13)19-16-11-9-14(18-4)10-12-16/h5-12,18-19H,1-4H3. The molecule has 2 aromatic carbocycles. The van der Waals surface area contributed by atoms with Gasteiger partial charge in [-0.3, -0.25) is 0 Å². The van der Waals surface area contributed by atoms with E-state index in [9.17, 15) is 0 Å². The summed E-state index contributed by atoms with van der Waals surface area (Å²) in [4.78, 5) is 0. The van der Waals surface area contributed by atoms with Crippen molar-refractivity contribution >= 4 is 17.1 Å². The Morgan fingerprint density at radius 3 is 1.53 bits per heavy atom. The van der Waals surface area contributed by atoms with Gasteiger partial charge in [-0.25, -0.2) is 0 Å². The van der Waals surface area contributed by atoms with Crippen molar-refractivity contribution in [3.63, 3.8) is 0 Å². The molecule has 0 radical (unpaired) electrons. The van der Waals surface area contributed by atoms with Crippen LogP contribution in [-0.2, 0) is 5.41 Å². The van der Waals surface area contributed by atoms with Crippen LogP contribution >= 0.6 is 0 Å². The molecule has 2 nitrogen and oxygen atoms in total. The van der Waals surface area contributed by atoms with Gasteiger partial charge in [-0.1, -0.05) is 32.9 Å². The van der Waals surface area contributed by atoms with Gasteiger partial charge in [0.25, 0.3) is 0 Å². The summed E-state index contributed by atoms with van der Waals surface area (Å²) in [5, 5.41) is 6.52. The van der Waals surface area contributed by atoms with Crippen LogP contribution in [0.1, 0.15) is 26.3 Å². The van der Waals surface area contributed by atoms with Crippen LogP contribution in [0.3, 0.4) is 0 Å². The molecule has 2 aromatic rings. The molecule has 0 saturated carbocycles. The van der Waals surface area contributed by atoms with Crippen LogP contribution in [0.5, 0.6) is 0 Å². The van der Waals surface area contributed by atoms with Gasteiger partial charge in [0.15, 0.2) is 0 Å². The number of rotatable bonds is 3. The highest BCUT2D eigenvalue weighted by molar-refractivity contribution is 5.62. The fourth-order valence-corrected chi connectivity index (χ4v) is 1.94. The minimum Gasteiger partial charge on any atom is -0.388 e. The molecule has 2 rings (SSSR count). The van der Waals surface area contributed by atoms with Crippen molar-refractivity contribution in [2.24, 2.45) is 0 Å². The molecule has 100 valence electrons. The molecule has 0 spiro atoms. The average Bonchev–Trinajstić information content (AvgIpc) is 2.39. The largest absolute Gasteiger partial charge is 0.388 e. The van der Waals surface area contributed by atoms with E-state index in [0.717, 1.165) is 17.1 Å². The number of hydrogen-bond donors (Lipinski definition) is 2. The van der Waals surface area contributed by atoms with Crippen LogP contribution in [0.25, 0.3) is 0 Å². The number of anilines is 3. The monoisotopic (exact) mass is 254 g/mol. The first kappa shape index (κ1) is 13.5. The van der Waals surface area contributed by atoms with Gasteiger partial charge in [0, 0.05) is 24.1 Å². The summed E-state index contributed by atoms with van der Waals surface area (Å²) in [6.45, 7) is 6.68. The fourth-order valence-electron chi connectivity index (χ4n) is 1.94. The normalized spacial score (nSPS) is 11.2. The Morgan fingerprint density at radius 1 is 0.684 bits per heavy atom. The quantitative estimate of drug-likeness (QED) is 0.824. The Labute approximate surface area is 115 Å². The highest BCUT2D eigenvalue weighted by Crippen LogP contribution is 2.25. The van der Waals surface area contributed by atoms with Crippen molar-refractivity contribution in [2.75, 3.05) is 17.7 Å². The molecule has 0 fully saturated rings. The van der Waals surface area contributed by atoms with E-state index in [1.54, 1.807) is 0 Å². The molecular formula is C17H22N2. The summed E-state index contributed by atoms with van der Waals surface area (Å²) >= 11 is 0. The molecule has 0 unspecified atom stereocenters. The summed E-state index contributed by atoms with van der Waals surface area (Å²) in [5.74, 6) is 0. The van der Waals surface area contributed by atoms with Gasteiger partial charge in [0.05, 0.1) is 0 Å². The fraction of sp³-hybridized carbons (Fsp3) is 0.294. The molecule has 0 bridgehead atoms. The Bertz CT molecular complexity index is 519. The molecule has 0 atom stereocenters. The minimum absolute atomic E-state index is 0.201. The molecule has 0 aliphatic heterocycles. The maximum atomic E-state index is 3.41. The topological polar surface area (TPSA) is 24.1 Å². The molecule has 0 aliphatic carbocycles. The van der Waals surface area contributed by atoms with Crippen molar-refractivity contribution < 1.29 is 0 Å². The third-order valence-electron chi connectivity index (χ3n) is 3.21. The van der Waals surface area contributed by atoms with Gasteiger partial charge >= 0.3 is 0 Å². The van der Waals surface area contributed by atoms with Crippen LogP contribution in [-0.4, -0.2) is 7.05 Å². The molecule has 0 aromatic heterocycles. The van der Waals surface area contributed by atoms with E-state index in [2.05, 4.69) is 79.9 Å². The first-order chi connectivity index (χ1) is 8.99. The van der Waals surface area contributed by atoms with E-state index < -0.39 is 0 Å². The lowest BCUT2D eigenvalue weighted by molar-refractivity contribution is 0.590. The van der Waals surface area contributed by atoms with E-state index in [-0.39, 0.29) is 5.41 Å². The lowest BCUT2D eigenvalue weighted by Crippen LogP contribution is -2.10. The third kappa shape index (κ3) is 3.50. The lowest BCUT2D eigenvalue weighted by Gasteiger charge is -2.19. The molecule has 0 saturated heterocycles. The van der Waals surface area contributed by atoms with Crippen molar-refractivity contribution in [2.45, 2.75) is 26.2 Å². The molecule has 0 aliphatic rings. The Hall–Kier alpha value is -1.96. The van der Waals surface area contributed by atoms with Crippen molar-refractivity contribution in [1.29, 1.82) is 0 Å². The van der Waals surface area contributed by atoms with Crippen molar-refractivity contribution in [1.82, 2.24) is 0 Å². The summed E-state index contributed by atoms with van der Waals surface area (Å²) < 4.78 is 0. The highest BCUT2D eigenvalue weighted by Gasteiger charge is 2.12. The van der Waals surface area contributed by atoms with Crippen molar-refractivity contribution in [3.05, 3.63) is 54.1 Å². The van der Waals surface area contributed by atoms with Crippen LogP contribution in [0.15, 0.2) is 48.5 Å². The summed E-state index contributed by atoms with van der Waals surface area (Å²) in [6, 6.07) is 16.9. The predicted octanol–water partition coefficient (Wildman–Crippen LogP) is 4.77. The van der Waals surface area contributed by atoms with Gasteiger partial charge in [0.2, 0.25) is 0 Å². The first-order valence-electron chi connectivity index (χ1n) is 6.64. The maximum Gasteiger partial charge on any atom is 0.0385 e. The molecule has 2 N–H and O–H groups in total. The number of benzene rings is 2. The Kier molecular flexibility index (Phi) is 3.79. The SMILES string of the molecule is CNc1ccc(Nc2ccc(C(C)(C)C)cc2)cc1. The van der Waals surface area contributed by atoms with E-state index >= 15 is 0 Å². The summed E-state index contributed by atoms with van der Waals surface area (Å²) in [6.07, 6.45) is 0. The Balaban J connectivity index is 2.10. The predicted molar refractivity (Wildman–Crippen MR) is 84.4 cm³/mol. The molecule has 2 heteroatoms. The zero-order valence-electron chi connectivity index (χ0n) is 12.1.